The second-order valence-corrected chi connectivity index (χ2v) is 7.25. The minimum absolute atomic E-state index is 0.00665. The van der Waals surface area contributed by atoms with E-state index >= 15 is 0 Å². The Labute approximate surface area is 187 Å². The molecule has 2 heterocycles. The number of nitrogens with one attached hydrogen (secondary N) is 1. The van der Waals surface area contributed by atoms with Gasteiger partial charge in [-0.05, 0) is 35.9 Å². The number of alkyl halides is 3. The Morgan fingerprint density at radius 3 is 2.44 bits per heavy atom. The van der Waals surface area contributed by atoms with Gasteiger partial charge in [-0.2, -0.15) is 18.3 Å². The van der Waals surface area contributed by atoms with Crippen molar-refractivity contribution < 1.29 is 26.7 Å². The fourth-order valence-corrected chi connectivity index (χ4v) is 3.24. The van der Waals surface area contributed by atoms with Crippen LogP contribution in [0.3, 0.4) is 0 Å². The van der Waals surface area contributed by atoms with Crippen LogP contribution in [0, 0.1) is 11.6 Å². The SMILES string of the molecule is Cn1c(Cn2ccc(C(F)(F)F)c(Oc3ccc(-c4cccc(F)c4)c(F)c3)c2=O)n[nH]c1=O. The standard InChI is InChI=1S/C22H15F5N4O3/c1-30-18(28-29-21(30)33)11-31-8-7-16(22(25,26)27)19(20(31)32)34-14-5-6-15(17(24)10-14)12-3-2-4-13(23)9-12/h2-10H,11H2,1H3,(H,29,33). The van der Waals surface area contributed by atoms with Crippen LogP contribution in [0.15, 0.2) is 64.3 Å². The number of pyridine rings is 1. The van der Waals surface area contributed by atoms with Gasteiger partial charge in [-0.1, -0.05) is 12.1 Å². The second kappa shape index (κ2) is 8.61. The Kier molecular flexibility index (Phi) is 5.82. The van der Waals surface area contributed by atoms with Crippen molar-refractivity contribution in [2.45, 2.75) is 12.7 Å². The van der Waals surface area contributed by atoms with Gasteiger partial charge in [0.05, 0.1) is 6.54 Å². The highest BCUT2D eigenvalue weighted by molar-refractivity contribution is 5.65. The number of nitrogens with zero attached hydrogens (tertiary/aromatic N) is 3. The summed E-state index contributed by atoms with van der Waals surface area (Å²) in [6, 6.07) is 8.92. The van der Waals surface area contributed by atoms with Crippen molar-refractivity contribution in [3.8, 4) is 22.6 Å². The smallest absolute Gasteiger partial charge is 0.420 e. The van der Waals surface area contributed by atoms with Gasteiger partial charge in [0.15, 0.2) is 5.82 Å². The van der Waals surface area contributed by atoms with E-state index in [4.69, 9.17) is 4.74 Å². The van der Waals surface area contributed by atoms with E-state index in [1.54, 1.807) is 0 Å². The summed E-state index contributed by atoms with van der Waals surface area (Å²) < 4.78 is 76.0. The molecule has 0 atom stereocenters. The van der Waals surface area contributed by atoms with Gasteiger partial charge in [-0.25, -0.2) is 18.7 Å². The lowest BCUT2D eigenvalue weighted by Gasteiger charge is -2.16. The van der Waals surface area contributed by atoms with Crippen molar-refractivity contribution in [2.75, 3.05) is 0 Å². The van der Waals surface area contributed by atoms with Gasteiger partial charge in [0.1, 0.15) is 22.9 Å². The molecule has 0 aliphatic rings. The van der Waals surface area contributed by atoms with Crippen molar-refractivity contribution in [1.82, 2.24) is 19.3 Å². The van der Waals surface area contributed by atoms with E-state index in [1.165, 1.54) is 31.3 Å². The second-order valence-electron chi connectivity index (χ2n) is 7.25. The van der Waals surface area contributed by atoms with Gasteiger partial charge >= 0.3 is 11.9 Å². The molecule has 0 saturated carbocycles. The molecular formula is C22H15F5N4O3. The Hall–Kier alpha value is -4.22. The topological polar surface area (TPSA) is 81.9 Å². The van der Waals surface area contributed by atoms with Crippen LogP contribution in [0.4, 0.5) is 22.0 Å². The summed E-state index contributed by atoms with van der Waals surface area (Å²) in [5.41, 5.74) is -2.89. The minimum Gasteiger partial charge on any atom is -0.451 e. The number of aromatic amines is 1. The highest BCUT2D eigenvalue weighted by atomic mass is 19.4. The number of hydrogen-bond donors (Lipinski definition) is 1. The zero-order valence-electron chi connectivity index (χ0n) is 17.4. The van der Waals surface area contributed by atoms with Crippen molar-refractivity contribution in [1.29, 1.82) is 0 Å². The lowest BCUT2D eigenvalue weighted by atomic mass is 10.0. The summed E-state index contributed by atoms with van der Waals surface area (Å²) in [4.78, 5) is 24.4. The summed E-state index contributed by atoms with van der Waals surface area (Å²) in [5, 5.41) is 5.88. The molecule has 2 aromatic heterocycles. The van der Waals surface area contributed by atoms with Gasteiger partial charge in [-0.3, -0.25) is 9.36 Å². The first-order valence-corrected chi connectivity index (χ1v) is 9.69. The maximum atomic E-state index is 14.7. The predicted octanol–water partition coefficient (Wildman–Crippen LogP) is 4.07. The normalized spacial score (nSPS) is 11.6. The Morgan fingerprint density at radius 1 is 1.06 bits per heavy atom. The van der Waals surface area contributed by atoms with Crippen LogP contribution < -0.4 is 16.0 Å². The summed E-state index contributed by atoms with van der Waals surface area (Å²) in [6.45, 7) is -0.324. The summed E-state index contributed by atoms with van der Waals surface area (Å²) in [7, 11) is 1.37. The number of benzene rings is 2. The summed E-state index contributed by atoms with van der Waals surface area (Å²) in [6.07, 6.45) is -4.04. The lowest BCUT2D eigenvalue weighted by Crippen LogP contribution is -2.26. The van der Waals surface area contributed by atoms with Crippen LogP contribution in [-0.4, -0.2) is 19.3 Å². The van der Waals surface area contributed by atoms with E-state index in [9.17, 15) is 31.5 Å². The van der Waals surface area contributed by atoms with Crippen LogP contribution in [-0.2, 0) is 19.8 Å². The predicted molar refractivity (Wildman–Crippen MR) is 111 cm³/mol. The highest BCUT2D eigenvalue weighted by Gasteiger charge is 2.36. The van der Waals surface area contributed by atoms with E-state index in [0.717, 1.165) is 33.5 Å². The zero-order valence-corrected chi connectivity index (χ0v) is 17.4. The summed E-state index contributed by atoms with van der Waals surface area (Å²) >= 11 is 0. The summed E-state index contributed by atoms with van der Waals surface area (Å²) in [5.74, 6) is -2.84. The van der Waals surface area contributed by atoms with E-state index in [0.29, 0.717) is 6.07 Å². The monoisotopic (exact) mass is 478 g/mol. The molecule has 0 radical (unpaired) electrons. The van der Waals surface area contributed by atoms with Crippen LogP contribution in [0.25, 0.3) is 11.1 Å². The first kappa shape index (κ1) is 23.0. The highest BCUT2D eigenvalue weighted by Crippen LogP contribution is 2.37. The van der Waals surface area contributed by atoms with Crippen molar-refractivity contribution >= 4 is 0 Å². The molecule has 34 heavy (non-hydrogen) atoms. The maximum absolute atomic E-state index is 14.7. The van der Waals surface area contributed by atoms with Gasteiger partial charge < -0.3 is 9.30 Å². The molecule has 0 bridgehead atoms. The number of hydrogen-bond acceptors (Lipinski definition) is 4. The molecule has 0 fully saturated rings. The number of rotatable bonds is 5. The van der Waals surface area contributed by atoms with Crippen molar-refractivity contribution in [3.63, 3.8) is 0 Å². The fraction of sp³-hybridized carbons (Fsp3) is 0.136. The number of H-pyrrole nitrogens is 1. The molecule has 0 amide bonds. The Balaban J connectivity index is 1.74. The van der Waals surface area contributed by atoms with Crippen molar-refractivity contribution in [3.05, 3.63) is 98.6 Å². The molecule has 2 aromatic carbocycles. The molecule has 0 saturated heterocycles. The third-order valence-corrected chi connectivity index (χ3v) is 5.01. The molecule has 0 aliphatic carbocycles. The molecule has 176 valence electrons. The number of ether oxygens (including phenoxy) is 1. The van der Waals surface area contributed by atoms with Gasteiger partial charge in [0.2, 0.25) is 5.75 Å². The first-order valence-electron chi connectivity index (χ1n) is 9.69. The van der Waals surface area contributed by atoms with E-state index in [-0.39, 0.29) is 29.2 Å². The third kappa shape index (κ3) is 4.47. The zero-order chi connectivity index (χ0) is 24.6. The Morgan fingerprint density at radius 2 is 1.82 bits per heavy atom. The van der Waals surface area contributed by atoms with Gasteiger partial charge in [-0.15, -0.1) is 0 Å². The molecule has 4 aromatic rings. The third-order valence-electron chi connectivity index (χ3n) is 5.01. The fourth-order valence-electron chi connectivity index (χ4n) is 3.24. The average molecular weight is 478 g/mol. The molecule has 12 heteroatoms. The maximum Gasteiger partial charge on any atom is 0.420 e. The van der Waals surface area contributed by atoms with Crippen LogP contribution in [0.2, 0.25) is 0 Å². The van der Waals surface area contributed by atoms with Gasteiger partial charge in [0, 0.05) is 24.9 Å². The minimum atomic E-state index is -4.94. The Bertz CT molecular complexity index is 1490. The van der Waals surface area contributed by atoms with Crippen LogP contribution >= 0.6 is 0 Å². The number of halogens is 5. The van der Waals surface area contributed by atoms with E-state index in [2.05, 4.69) is 10.2 Å². The number of aromatic nitrogens is 4. The van der Waals surface area contributed by atoms with Crippen molar-refractivity contribution in [2.24, 2.45) is 7.05 Å². The molecule has 7 nitrogen and oxygen atoms in total. The lowest BCUT2D eigenvalue weighted by molar-refractivity contribution is -0.138. The molecule has 0 aliphatic heterocycles. The molecule has 1 N–H and O–H groups in total. The molecule has 0 unspecified atom stereocenters. The van der Waals surface area contributed by atoms with E-state index < -0.39 is 40.4 Å². The molecular weight excluding hydrogens is 463 g/mol. The molecule has 0 spiro atoms. The quantitative estimate of drug-likeness (QED) is 0.439. The largest absolute Gasteiger partial charge is 0.451 e. The first-order chi connectivity index (χ1) is 16.0. The van der Waals surface area contributed by atoms with E-state index in [1.807, 2.05) is 0 Å². The average Bonchev–Trinajstić information content (AvgIpc) is 3.08. The van der Waals surface area contributed by atoms with Crippen LogP contribution in [0.1, 0.15) is 11.4 Å². The van der Waals surface area contributed by atoms with Crippen LogP contribution in [0.5, 0.6) is 11.5 Å². The van der Waals surface area contributed by atoms with Gasteiger partial charge in [0.25, 0.3) is 5.56 Å². The molecule has 4 rings (SSSR count).